The van der Waals surface area contributed by atoms with Crippen molar-refractivity contribution in [3.8, 4) is 0 Å². The first-order valence-electron chi connectivity index (χ1n) is 10.2. The van der Waals surface area contributed by atoms with E-state index in [1.807, 2.05) is 90.4 Å². The van der Waals surface area contributed by atoms with Crippen molar-refractivity contribution >= 4 is 23.2 Å². The van der Waals surface area contributed by atoms with Crippen LogP contribution in [0.2, 0.25) is 0 Å². The molecule has 0 aliphatic carbocycles. The summed E-state index contributed by atoms with van der Waals surface area (Å²) >= 11 is 0. The average molecular weight is 399 g/mol. The molecule has 0 spiro atoms. The quantitative estimate of drug-likeness (QED) is 0.628. The Labute approximate surface area is 177 Å². The molecule has 30 heavy (non-hydrogen) atoms. The monoisotopic (exact) mass is 399 g/mol. The van der Waals surface area contributed by atoms with Gasteiger partial charge in [0.2, 0.25) is 5.91 Å². The summed E-state index contributed by atoms with van der Waals surface area (Å²) in [6, 6.07) is 22.8. The lowest BCUT2D eigenvalue weighted by Gasteiger charge is -2.43. The zero-order chi connectivity index (χ0) is 21.3. The third kappa shape index (κ3) is 3.59. The minimum absolute atomic E-state index is 0.0201. The number of rotatable bonds is 3. The number of carbonyl (C=O) groups is 2. The van der Waals surface area contributed by atoms with Crippen molar-refractivity contribution in [2.45, 2.75) is 39.3 Å². The second-order valence-corrected chi connectivity index (χ2v) is 7.72. The Morgan fingerprint density at radius 1 is 0.967 bits per heavy atom. The van der Waals surface area contributed by atoms with Crippen molar-refractivity contribution in [2.75, 3.05) is 9.80 Å². The van der Waals surface area contributed by atoms with Crippen molar-refractivity contribution in [1.82, 2.24) is 4.98 Å². The highest BCUT2D eigenvalue weighted by atomic mass is 16.2. The number of hydrogen-bond acceptors (Lipinski definition) is 3. The smallest absolute Gasteiger partial charge is 0.277 e. The average Bonchev–Trinajstić information content (AvgIpc) is 2.74. The van der Waals surface area contributed by atoms with E-state index in [1.54, 1.807) is 13.0 Å². The van der Waals surface area contributed by atoms with Crippen LogP contribution in [0.5, 0.6) is 0 Å². The first-order chi connectivity index (χ1) is 14.5. The van der Waals surface area contributed by atoms with Gasteiger partial charge in [-0.3, -0.25) is 9.59 Å². The second kappa shape index (κ2) is 8.11. The van der Waals surface area contributed by atoms with Gasteiger partial charge in [-0.25, -0.2) is 4.98 Å². The Morgan fingerprint density at radius 2 is 1.67 bits per heavy atom. The van der Waals surface area contributed by atoms with E-state index in [9.17, 15) is 9.59 Å². The second-order valence-electron chi connectivity index (χ2n) is 7.72. The minimum atomic E-state index is -0.148. The summed E-state index contributed by atoms with van der Waals surface area (Å²) in [6.07, 6.45) is 0.642. The number of benzene rings is 2. The van der Waals surface area contributed by atoms with Crippen LogP contribution in [0.1, 0.15) is 48.1 Å². The zero-order valence-corrected chi connectivity index (χ0v) is 17.4. The van der Waals surface area contributed by atoms with Crippen LogP contribution in [-0.4, -0.2) is 22.8 Å². The Kier molecular flexibility index (Phi) is 5.36. The minimum Gasteiger partial charge on any atom is -0.305 e. The van der Waals surface area contributed by atoms with Gasteiger partial charge in [-0.15, -0.1) is 0 Å². The summed E-state index contributed by atoms with van der Waals surface area (Å²) in [5, 5.41) is 0. The summed E-state index contributed by atoms with van der Waals surface area (Å²) in [6.45, 7) is 5.50. The largest absolute Gasteiger partial charge is 0.305 e. The zero-order valence-electron chi connectivity index (χ0n) is 17.4. The van der Waals surface area contributed by atoms with Gasteiger partial charge in [0.15, 0.2) is 0 Å². The van der Waals surface area contributed by atoms with E-state index in [0.717, 1.165) is 22.6 Å². The molecule has 4 rings (SSSR count). The number of amides is 2. The number of aromatic nitrogens is 1. The fourth-order valence-corrected chi connectivity index (χ4v) is 4.29. The van der Waals surface area contributed by atoms with E-state index in [2.05, 4.69) is 4.98 Å². The van der Waals surface area contributed by atoms with Crippen LogP contribution in [-0.2, 0) is 4.79 Å². The molecule has 2 heterocycles. The molecule has 0 fully saturated rings. The summed E-state index contributed by atoms with van der Waals surface area (Å²) in [4.78, 5) is 34.1. The maximum Gasteiger partial charge on any atom is 0.277 e. The third-order valence-corrected chi connectivity index (χ3v) is 5.57. The highest BCUT2D eigenvalue weighted by molar-refractivity contribution is 6.06. The van der Waals surface area contributed by atoms with Crippen LogP contribution in [0.15, 0.2) is 72.8 Å². The molecule has 1 aliphatic rings. The van der Waals surface area contributed by atoms with E-state index < -0.39 is 0 Å². The molecule has 152 valence electrons. The van der Waals surface area contributed by atoms with Gasteiger partial charge in [0.05, 0.1) is 6.04 Å². The number of hydrogen-bond donors (Lipinski definition) is 0. The summed E-state index contributed by atoms with van der Waals surface area (Å²) < 4.78 is 0. The number of carbonyl (C=O) groups excluding carboxylic acids is 2. The first-order valence-corrected chi connectivity index (χ1v) is 10.2. The van der Waals surface area contributed by atoms with E-state index >= 15 is 0 Å². The van der Waals surface area contributed by atoms with Crippen LogP contribution >= 0.6 is 0 Å². The lowest BCUT2D eigenvalue weighted by molar-refractivity contribution is -0.117. The molecule has 0 saturated carbocycles. The van der Waals surface area contributed by atoms with E-state index in [-0.39, 0.29) is 23.9 Å². The highest BCUT2D eigenvalue weighted by Gasteiger charge is 2.38. The molecule has 5 heteroatoms. The molecule has 3 aromatic rings. The Hall–Kier alpha value is -3.47. The van der Waals surface area contributed by atoms with E-state index in [4.69, 9.17) is 0 Å². The van der Waals surface area contributed by atoms with Gasteiger partial charge in [-0.05, 0) is 56.2 Å². The van der Waals surface area contributed by atoms with E-state index in [1.165, 1.54) is 0 Å². The van der Waals surface area contributed by atoms with Gasteiger partial charge in [-0.1, -0.05) is 42.5 Å². The fourth-order valence-electron chi connectivity index (χ4n) is 4.29. The van der Waals surface area contributed by atoms with E-state index in [0.29, 0.717) is 12.1 Å². The van der Waals surface area contributed by atoms with Gasteiger partial charge >= 0.3 is 0 Å². The normalized spacial score (nSPS) is 17.9. The molecule has 0 saturated heterocycles. The molecule has 0 radical (unpaired) electrons. The Morgan fingerprint density at radius 3 is 2.37 bits per heavy atom. The number of para-hydroxylation sites is 2. The first kappa shape index (κ1) is 19.8. The molecule has 0 bridgehead atoms. The van der Waals surface area contributed by atoms with Crippen molar-refractivity contribution in [2.24, 2.45) is 0 Å². The molecule has 0 N–H and O–H groups in total. The van der Waals surface area contributed by atoms with Crippen LogP contribution in [0.3, 0.4) is 0 Å². The standard InChI is InChI=1S/C25H25N3O2/c1-17-10-9-14-22(26-17)25(30)27-18(2)16-24(21-13-7-8-15-23(21)27)28(19(3)29)20-11-5-4-6-12-20/h4-15,18,24H,16H2,1-3H3/t18-,24+/m1/s1. The van der Waals surface area contributed by atoms with Gasteiger partial charge in [0, 0.05) is 30.0 Å². The van der Waals surface area contributed by atoms with Gasteiger partial charge in [0.25, 0.3) is 5.91 Å². The predicted molar refractivity (Wildman–Crippen MR) is 119 cm³/mol. The molecule has 1 aromatic heterocycles. The van der Waals surface area contributed by atoms with Gasteiger partial charge < -0.3 is 9.80 Å². The molecule has 2 aromatic carbocycles. The molecule has 2 amide bonds. The molecule has 1 aliphatic heterocycles. The number of anilines is 2. The molecular weight excluding hydrogens is 374 g/mol. The van der Waals surface area contributed by atoms with Crippen LogP contribution in [0.25, 0.3) is 0 Å². The van der Waals surface area contributed by atoms with Crippen LogP contribution in [0.4, 0.5) is 11.4 Å². The third-order valence-electron chi connectivity index (χ3n) is 5.57. The number of pyridine rings is 1. The summed E-state index contributed by atoms with van der Waals surface area (Å²) in [5.41, 5.74) is 3.90. The summed E-state index contributed by atoms with van der Waals surface area (Å²) in [5.74, 6) is -0.139. The molecular formula is C25H25N3O2. The van der Waals surface area contributed by atoms with Crippen molar-refractivity contribution in [1.29, 1.82) is 0 Å². The Balaban J connectivity index is 1.79. The van der Waals surface area contributed by atoms with Crippen LogP contribution < -0.4 is 9.80 Å². The lowest BCUT2D eigenvalue weighted by Crippen LogP contribution is -2.47. The van der Waals surface area contributed by atoms with Crippen molar-refractivity contribution in [3.05, 3.63) is 89.7 Å². The maximum atomic E-state index is 13.4. The number of fused-ring (bicyclic) bond motifs is 1. The van der Waals surface area contributed by atoms with Gasteiger partial charge in [0.1, 0.15) is 5.69 Å². The molecule has 0 unspecified atom stereocenters. The Bertz CT molecular complexity index is 1080. The number of nitrogens with zero attached hydrogens (tertiary/aromatic N) is 3. The number of aryl methyl sites for hydroxylation is 1. The topological polar surface area (TPSA) is 53.5 Å². The predicted octanol–water partition coefficient (Wildman–Crippen LogP) is 4.92. The lowest BCUT2D eigenvalue weighted by atomic mass is 9.89. The van der Waals surface area contributed by atoms with Crippen LogP contribution in [0, 0.1) is 6.92 Å². The fraction of sp³-hybridized carbons (Fsp3) is 0.240. The highest BCUT2D eigenvalue weighted by Crippen LogP contribution is 2.42. The maximum absolute atomic E-state index is 13.4. The van der Waals surface area contributed by atoms with Crippen molar-refractivity contribution < 1.29 is 9.59 Å². The van der Waals surface area contributed by atoms with Gasteiger partial charge in [-0.2, -0.15) is 0 Å². The molecule has 2 atom stereocenters. The summed E-state index contributed by atoms with van der Waals surface area (Å²) in [7, 11) is 0. The molecule has 5 nitrogen and oxygen atoms in total. The van der Waals surface area contributed by atoms with Crippen molar-refractivity contribution in [3.63, 3.8) is 0 Å². The SMILES string of the molecule is CC(=O)N(c1ccccc1)[C@H]1C[C@@H](C)N(C(=O)c2cccc(C)n2)c2ccccc21.